The van der Waals surface area contributed by atoms with Gasteiger partial charge in [0.2, 0.25) is 0 Å². The molecule has 5 nitrogen and oxygen atoms in total. The van der Waals surface area contributed by atoms with E-state index in [9.17, 15) is 4.79 Å². The maximum Gasteiger partial charge on any atom is 0.295 e. The van der Waals surface area contributed by atoms with Crippen molar-refractivity contribution in [3.8, 4) is 0 Å². The first-order chi connectivity index (χ1) is 8.94. The Labute approximate surface area is 112 Å². The fourth-order valence-corrected chi connectivity index (χ4v) is 1.47. The summed E-state index contributed by atoms with van der Waals surface area (Å²) < 4.78 is 5.22. The summed E-state index contributed by atoms with van der Waals surface area (Å²) in [5, 5.41) is 5.81. The number of hydrogen-bond acceptors (Lipinski definition) is 4. The quantitative estimate of drug-likeness (QED) is 0.888. The van der Waals surface area contributed by atoms with E-state index < -0.39 is 0 Å². The van der Waals surface area contributed by atoms with Gasteiger partial charge >= 0.3 is 0 Å². The Hall–Kier alpha value is -2.30. The number of rotatable bonds is 3. The third-order valence-corrected chi connectivity index (χ3v) is 2.25. The molecule has 2 rings (SSSR count). The van der Waals surface area contributed by atoms with Gasteiger partial charge in [0.05, 0.1) is 0 Å². The molecule has 0 saturated carbocycles. The minimum absolute atomic E-state index is 0.169. The highest BCUT2D eigenvalue weighted by Gasteiger charge is 2.16. The van der Waals surface area contributed by atoms with Crippen LogP contribution in [0.5, 0.6) is 0 Å². The lowest BCUT2D eigenvalue weighted by atomic mass is 10.1. The van der Waals surface area contributed by atoms with Crippen LogP contribution in [0.2, 0.25) is 0 Å². The largest absolute Gasteiger partial charge is 0.431 e. The number of aromatic nitrogens is 1. The van der Waals surface area contributed by atoms with Gasteiger partial charge in [-0.15, -0.1) is 0 Å². The molecule has 1 amide bonds. The van der Waals surface area contributed by atoms with Crippen LogP contribution in [0.4, 0.5) is 11.7 Å². The number of carbonyl (C=O) groups excluding carboxylic acids is 1. The van der Waals surface area contributed by atoms with Crippen molar-refractivity contribution in [2.24, 2.45) is 0 Å². The number of benzene rings is 1. The number of oxazole rings is 1. The average molecular weight is 259 g/mol. The molecule has 19 heavy (non-hydrogen) atoms. The second-order valence-electron chi connectivity index (χ2n) is 5.23. The first-order valence-corrected chi connectivity index (χ1v) is 6.04. The number of carbonyl (C=O) groups is 1. The predicted octanol–water partition coefficient (Wildman–Crippen LogP) is 3.14. The molecule has 0 aliphatic carbocycles. The maximum atomic E-state index is 11.9. The Balaban J connectivity index is 2.04. The van der Waals surface area contributed by atoms with Crippen LogP contribution >= 0.6 is 0 Å². The highest BCUT2D eigenvalue weighted by molar-refractivity contribution is 6.02. The second kappa shape index (κ2) is 5.14. The third-order valence-electron chi connectivity index (χ3n) is 2.25. The summed E-state index contributed by atoms with van der Waals surface area (Å²) in [6.45, 7) is 5.96. The minimum atomic E-state index is -0.295. The van der Waals surface area contributed by atoms with E-state index in [1.807, 2.05) is 51.1 Å². The maximum absolute atomic E-state index is 11.9. The van der Waals surface area contributed by atoms with Crippen molar-refractivity contribution in [3.05, 3.63) is 42.3 Å². The van der Waals surface area contributed by atoms with Gasteiger partial charge in [0.15, 0.2) is 5.69 Å². The molecule has 2 N–H and O–H groups in total. The first-order valence-electron chi connectivity index (χ1n) is 6.04. The summed E-state index contributed by atoms with van der Waals surface area (Å²) >= 11 is 0. The van der Waals surface area contributed by atoms with Crippen molar-refractivity contribution >= 4 is 17.6 Å². The molecule has 0 saturated heterocycles. The lowest BCUT2D eigenvalue weighted by Crippen LogP contribution is -2.26. The molecule has 0 bridgehead atoms. The Morgan fingerprint density at radius 1 is 1.21 bits per heavy atom. The Kier molecular flexibility index (Phi) is 3.55. The van der Waals surface area contributed by atoms with E-state index in [0.717, 1.165) is 5.69 Å². The van der Waals surface area contributed by atoms with Gasteiger partial charge in [0.25, 0.3) is 11.9 Å². The highest BCUT2D eigenvalue weighted by Crippen LogP contribution is 2.15. The molecule has 0 aliphatic rings. The number of para-hydroxylation sites is 1. The van der Waals surface area contributed by atoms with Crippen LogP contribution in [0, 0.1) is 0 Å². The van der Waals surface area contributed by atoms with Crippen molar-refractivity contribution in [1.29, 1.82) is 0 Å². The van der Waals surface area contributed by atoms with E-state index in [2.05, 4.69) is 15.6 Å². The molecule has 1 aromatic heterocycles. The number of anilines is 2. The summed E-state index contributed by atoms with van der Waals surface area (Å²) in [6.07, 6.45) is 1.34. The molecule has 0 radical (unpaired) electrons. The van der Waals surface area contributed by atoms with E-state index in [1.165, 1.54) is 6.26 Å². The zero-order valence-electron chi connectivity index (χ0n) is 11.2. The fraction of sp³-hybridized carbons (Fsp3) is 0.286. The van der Waals surface area contributed by atoms with Crippen LogP contribution in [-0.4, -0.2) is 16.4 Å². The normalized spacial score (nSPS) is 11.1. The molecule has 5 heteroatoms. The molecular weight excluding hydrogens is 242 g/mol. The van der Waals surface area contributed by atoms with Crippen LogP contribution in [0.3, 0.4) is 0 Å². The van der Waals surface area contributed by atoms with Crippen LogP contribution in [0.15, 0.2) is 41.0 Å². The molecule has 2 aromatic rings. The number of hydrogen-bond donors (Lipinski definition) is 2. The van der Waals surface area contributed by atoms with Gasteiger partial charge in [-0.05, 0) is 32.9 Å². The summed E-state index contributed by atoms with van der Waals surface area (Å²) in [5.74, 6) is -0.295. The fourth-order valence-electron chi connectivity index (χ4n) is 1.47. The number of amides is 1. The van der Waals surface area contributed by atoms with Crippen molar-refractivity contribution < 1.29 is 9.21 Å². The van der Waals surface area contributed by atoms with Crippen LogP contribution in [-0.2, 0) is 0 Å². The van der Waals surface area contributed by atoms with E-state index in [-0.39, 0.29) is 17.1 Å². The van der Waals surface area contributed by atoms with Gasteiger partial charge in [-0.3, -0.25) is 4.79 Å². The summed E-state index contributed by atoms with van der Waals surface area (Å²) in [6, 6.07) is 9.55. The molecule has 0 atom stereocenters. The van der Waals surface area contributed by atoms with Crippen LogP contribution in [0.1, 0.15) is 31.3 Å². The van der Waals surface area contributed by atoms with Gasteiger partial charge in [0, 0.05) is 11.2 Å². The Morgan fingerprint density at radius 3 is 2.53 bits per heavy atom. The van der Waals surface area contributed by atoms with E-state index in [0.29, 0.717) is 6.01 Å². The molecule has 0 spiro atoms. The number of nitrogens with zero attached hydrogens (tertiary/aromatic N) is 1. The smallest absolute Gasteiger partial charge is 0.295 e. The summed E-state index contributed by atoms with van der Waals surface area (Å²) in [4.78, 5) is 16.0. The predicted molar refractivity (Wildman–Crippen MR) is 74.3 cm³/mol. The van der Waals surface area contributed by atoms with Gasteiger partial charge < -0.3 is 15.1 Å². The molecule has 1 aromatic carbocycles. The van der Waals surface area contributed by atoms with Crippen molar-refractivity contribution in [1.82, 2.24) is 4.98 Å². The van der Waals surface area contributed by atoms with E-state index in [4.69, 9.17) is 4.42 Å². The van der Waals surface area contributed by atoms with Gasteiger partial charge in [-0.1, -0.05) is 18.2 Å². The molecule has 0 fully saturated rings. The SMILES string of the molecule is CC(C)(C)Nc1nc(C(=O)Nc2ccccc2)co1. The topological polar surface area (TPSA) is 67.2 Å². The molecule has 1 heterocycles. The van der Waals surface area contributed by atoms with Crippen molar-refractivity contribution in [2.75, 3.05) is 10.6 Å². The van der Waals surface area contributed by atoms with Gasteiger partial charge in [-0.2, -0.15) is 4.98 Å². The van der Waals surface area contributed by atoms with E-state index in [1.54, 1.807) is 0 Å². The second-order valence-corrected chi connectivity index (χ2v) is 5.23. The van der Waals surface area contributed by atoms with E-state index >= 15 is 0 Å². The molecule has 0 unspecified atom stereocenters. The standard InChI is InChI=1S/C14H17N3O2/c1-14(2,3)17-13-16-11(9-19-13)12(18)15-10-7-5-4-6-8-10/h4-9H,1-3H3,(H,15,18)(H,16,17). The van der Waals surface area contributed by atoms with Crippen molar-refractivity contribution in [3.63, 3.8) is 0 Å². The van der Waals surface area contributed by atoms with Crippen molar-refractivity contribution in [2.45, 2.75) is 26.3 Å². The third kappa shape index (κ3) is 3.84. The van der Waals surface area contributed by atoms with Gasteiger partial charge in [0.1, 0.15) is 6.26 Å². The zero-order chi connectivity index (χ0) is 13.9. The Morgan fingerprint density at radius 2 is 1.89 bits per heavy atom. The molecular formula is C14H17N3O2. The number of nitrogens with one attached hydrogen (secondary N) is 2. The van der Waals surface area contributed by atoms with Crippen LogP contribution in [0.25, 0.3) is 0 Å². The van der Waals surface area contributed by atoms with Crippen LogP contribution < -0.4 is 10.6 Å². The Bertz CT molecular complexity index is 556. The average Bonchev–Trinajstić information content (AvgIpc) is 2.76. The lowest BCUT2D eigenvalue weighted by Gasteiger charge is -2.18. The first kappa shape index (κ1) is 13.1. The minimum Gasteiger partial charge on any atom is -0.431 e. The molecule has 0 aliphatic heterocycles. The zero-order valence-corrected chi connectivity index (χ0v) is 11.2. The highest BCUT2D eigenvalue weighted by atomic mass is 16.4. The lowest BCUT2D eigenvalue weighted by molar-refractivity contribution is 0.102. The van der Waals surface area contributed by atoms with Gasteiger partial charge in [-0.25, -0.2) is 0 Å². The summed E-state index contributed by atoms with van der Waals surface area (Å²) in [7, 11) is 0. The monoisotopic (exact) mass is 259 g/mol. The molecule has 100 valence electrons. The summed E-state index contributed by atoms with van der Waals surface area (Å²) in [5.41, 5.74) is 0.800.